The van der Waals surface area contributed by atoms with E-state index in [4.69, 9.17) is 15.7 Å². The Labute approximate surface area is 233 Å². The van der Waals surface area contributed by atoms with Gasteiger partial charge in [-0.3, -0.25) is 9.69 Å². The standard InChI is InChI=1S/C32H42N6O/c1-20(2)25-10-9-23(5)29(16-25)37-12-11-28-27(18-37)32(38-14-13-36(19-30(33)39)24(6)17-38)35-31(34-28)26-15-21(3)7-8-22(26)4/h7-10,15-16,20,24H,11-14,17-19H2,1-6H3,(H2,33,39). The minimum absolute atomic E-state index is 0.200. The van der Waals surface area contributed by atoms with Crippen molar-refractivity contribution in [2.24, 2.45) is 5.73 Å². The van der Waals surface area contributed by atoms with E-state index in [1.165, 1.54) is 33.5 Å². The van der Waals surface area contributed by atoms with E-state index in [9.17, 15) is 4.79 Å². The Balaban J connectivity index is 1.56. The van der Waals surface area contributed by atoms with Crippen molar-refractivity contribution in [3.8, 4) is 11.4 Å². The van der Waals surface area contributed by atoms with Gasteiger partial charge in [0.2, 0.25) is 5.91 Å². The summed E-state index contributed by atoms with van der Waals surface area (Å²) < 4.78 is 0. The fourth-order valence-electron chi connectivity index (χ4n) is 5.91. The van der Waals surface area contributed by atoms with Crippen molar-refractivity contribution in [1.29, 1.82) is 0 Å². The predicted octanol–water partition coefficient (Wildman–Crippen LogP) is 4.75. The van der Waals surface area contributed by atoms with Gasteiger partial charge in [0, 0.05) is 62.0 Å². The zero-order valence-electron chi connectivity index (χ0n) is 24.3. The van der Waals surface area contributed by atoms with E-state index in [1.54, 1.807) is 0 Å². The summed E-state index contributed by atoms with van der Waals surface area (Å²) in [6, 6.07) is 13.6. The molecule has 1 aromatic heterocycles. The van der Waals surface area contributed by atoms with E-state index in [0.717, 1.165) is 62.0 Å². The van der Waals surface area contributed by atoms with Gasteiger partial charge in [0.15, 0.2) is 5.82 Å². The summed E-state index contributed by atoms with van der Waals surface area (Å²) in [5, 5.41) is 0. The van der Waals surface area contributed by atoms with Crippen LogP contribution in [0.5, 0.6) is 0 Å². The first kappa shape index (κ1) is 27.1. The zero-order valence-corrected chi connectivity index (χ0v) is 24.3. The molecule has 39 heavy (non-hydrogen) atoms. The van der Waals surface area contributed by atoms with Crippen molar-refractivity contribution in [3.63, 3.8) is 0 Å². The van der Waals surface area contributed by atoms with Gasteiger partial charge in [-0.25, -0.2) is 9.97 Å². The maximum Gasteiger partial charge on any atom is 0.231 e. The first-order chi connectivity index (χ1) is 18.6. The van der Waals surface area contributed by atoms with Gasteiger partial charge >= 0.3 is 0 Å². The number of hydrogen-bond donors (Lipinski definition) is 1. The van der Waals surface area contributed by atoms with Crippen molar-refractivity contribution in [1.82, 2.24) is 14.9 Å². The Morgan fingerprint density at radius 3 is 2.49 bits per heavy atom. The summed E-state index contributed by atoms with van der Waals surface area (Å²) in [5.74, 6) is 2.05. The Hall–Kier alpha value is -3.45. The van der Waals surface area contributed by atoms with Crippen LogP contribution in [0.3, 0.4) is 0 Å². The fraction of sp³-hybridized carbons (Fsp3) is 0.469. The third kappa shape index (κ3) is 5.64. The molecule has 7 heteroatoms. The van der Waals surface area contributed by atoms with Crippen LogP contribution in [0.4, 0.5) is 11.5 Å². The maximum absolute atomic E-state index is 11.6. The van der Waals surface area contributed by atoms with Crippen LogP contribution < -0.4 is 15.5 Å². The number of nitrogens with two attached hydrogens (primary N) is 1. The molecule has 0 aliphatic carbocycles. The maximum atomic E-state index is 11.6. The van der Waals surface area contributed by atoms with Gasteiger partial charge in [-0.1, -0.05) is 43.7 Å². The lowest BCUT2D eigenvalue weighted by molar-refractivity contribution is -0.119. The summed E-state index contributed by atoms with van der Waals surface area (Å²) in [7, 11) is 0. The number of carbonyl (C=O) groups is 1. The van der Waals surface area contributed by atoms with Gasteiger partial charge in [-0.15, -0.1) is 0 Å². The number of anilines is 2. The molecule has 2 aromatic carbocycles. The van der Waals surface area contributed by atoms with Crippen LogP contribution in [0, 0.1) is 20.8 Å². The topological polar surface area (TPSA) is 78.6 Å². The molecule has 1 fully saturated rings. The van der Waals surface area contributed by atoms with E-state index in [-0.39, 0.29) is 11.9 Å². The van der Waals surface area contributed by atoms with E-state index < -0.39 is 0 Å². The van der Waals surface area contributed by atoms with E-state index in [0.29, 0.717) is 12.5 Å². The minimum Gasteiger partial charge on any atom is -0.369 e. The van der Waals surface area contributed by atoms with Crippen molar-refractivity contribution >= 4 is 17.4 Å². The van der Waals surface area contributed by atoms with Crippen molar-refractivity contribution in [2.45, 2.75) is 66.5 Å². The smallest absolute Gasteiger partial charge is 0.231 e. The summed E-state index contributed by atoms with van der Waals surface area (Å²) in [6.07, 6.45) is 0.880. The third-order valence-electron chi connectivity index (χ3n) is 8.34. The van der Waals surface area contributed by atoms with Crippen LogP contribution in [0.2, 0.25) is 0 Å². The molecule has 0 spiro atoms. The Kier molecular flexibility index (Phi) is 7.63. The monoisotopic (exact) mass is 526 g/mol. The number of nitrogens with zero attached hydrogens (tertiary/aromatic N) is 5. The number of rotatable bonds is 6. The number of fused-ring (bicyclic) bond motifs is 1. The number of hydrogen-bond acceptors (Lipinski definition) is 6. The number of carbonyl (C=O) groups excluding carboxylic acids is 1. The Bertz CT molecular complexity index is 1380. The number of amides is 1. The highest BCUT2D eigenvalue weighted by Crippen LogP contribution is 2.35. The summed E-state index contributed by atoms with van der Waals surface area (Å²) in [4.78, 5) is 29.1. The largest absolute Gasteiger partial charge is 0.369 e. The Morgan fingerprint density at radius 2 is 1.77 bits per heavy atom. The summed E-state index contributed by atoms with van der Waals surface area (Å²) in [6.45, 7) is 17.5. The van der Waals surface area contributed by atoms with Crippen LogP contribution in [0.15, 0.2) is 36.4 Å². The van der Waals surface area contributed by atoms with Gasteiger partial charge in [0.05, 0.1) is 12.2 Å². The first-order valence-corrected chi connectivity index (χ1v) is 14.2. The molecular weight excluding hydrogens is 484 g/mol. The molecule has 3 aromatic rings. The summed E-state index contributed by atoms with van der Waals surface area (Å²) in [5.41, 5.74) is 15.4. The van der Waals surface area contributed by atoms with Gasteiger partial charge in [-0.05, 0) is 62.4 Å². The number of aryl methyl sites for hydroxylation is 3. The second-order valence-corrected chi connectivity index (χ2v) is 11.7. The van der Waals surface area contributed by atoms with Crippen LogP contribution in [0.25, 0.3) is 11.4 Å². The molecule has 2 aliphatic rings. The second kappa shape index (κ2) is 11.0. The van der Waals surface area contributed by atoms with Gasteiger partial charge in [0.25, 0.3) is 0 Å². The van der Waals surface area contributed by atoms with E-state index in [2.05, 4.69) is 92.6 Å². The molecule has 1 saturated heterocycles. The SMILES string of the molecule is Cc1ccc(C)c(-c2nc3c(c(N4CCN(CC(N)=O)C(C)C4)n2)CN(c2cc(C(C)C)ccc2C)CC3)c1. The van der Waals surface area contributed by atoms with Crippen molar-refractivity contribution in [3.05, 3.63) is 69.9 Å². The number of aromatic nitrogens is 2. The highest BCUT2D eigenvalue weighted by Gasteiger charge is 2.31. The lowest BCUT2D eigenvalue weighted by atomic mass is 9.98. The molecule has 0 radical (unpaired) electrons. The molecule has 206 valence electrons. The zero-order chi connectivity index (χ0) is 27.8. The fourth-order valence-corrected chi connectivity index (χ4v) is 5.91. The van der Waals surface area contributed by atoms with Crippen LogP contribution >= 0.6 is 0 Å². The van der Waals surface area contributed by atoms with Gasteiger partial charge in [-0.2, -0.15) is 0 Å². The van der Waals surface area contributed by atoms with Crippen molar-refractivity contribution in [2.75, 3.05) is 42.5 Å². The highest BCUT2D eigenvalue weighted by atomic mass is 16.1. The number of primary amides is 1. The lowest BCUT2D eigenvalue weighted by Gasteiger charge is -2.41. The molecule has 0 saturated carbocycles. The molecule has 2 N–H and O–H groups in total. The molecule has 1 atom stereocenters. The molecule has 1 amide bonds. The van der Waals surface area contributed by atoms with Gasteiger partial charge < -0.3 is 15.5 Å². The molecule has 3 heterocycles. The van der Waals surface area contributed by atoms with Crippen LogP contribution in [-0.2, 0) is 17.8 Å². The van der Waals surface area contributed by atoms with Crippen LogP contribution in [0.1, 0.15) is 60.2 Å². The van der Waals surface area contributed by atoms with E-state index >= 15 is 0 Å². The molecular formula is C32H42N6O. The average molecular weight is 527 g/mol. The van der Waals surface area contributed by atoms with Crippen LogP contribution in [-0.4, -0.2) is 59.5 Å². The Morgan fingerprint density at radius 1 is 1.00 bits per heavy atom. The predicted molar refractivity (Wildman–Crippen MR) is 159 cm³/mol. The number of piperazine rings is 1. The second-order valence-electron chi connectivity index (χ2n) is 11.7. The summed E-state index contributed by atoms with van der Waals surface area (Å²) >= 11 is 0. The quantitative estimate of drug-likeness (QED) is 0.499. The number of benzene rings is 2. The highest BCUT2D eigenvalue weighted by molar-refractivity contribution is 5.76. The molecule has 2 aliphatic heterocycles. The van der Waals surface area contributed by atoms with Gasteiger partial charge in [0.1, 0.15) is 5.82 Å². The molecule has 7 nitrogen and oxygen atoms in total. The first-order valence-electron chi connectivity index (χ1n) is 14.2. The average Bonchev–Trinajstić information content (AvgIpc) is 2.90. The normalized spacial score (nSPS) is 18.0. The lowest BCUT2D eigenvalue weighted by Crippen LogP contribution is -2.54. The minimum atomic E-state index is -0.276. The molecule has 0 bridgehead atoms. The third-order valence-corrected chi connectivity index (χ3v) is 8.34. The van der Waals surface area contributed by atoms with E-state index in [1.807, 2.05) is 0 Å². The molecule has 5 rings (SSSR count). The molecule has 1 unspecified atom stereocenters. The van der Waals surface area contributed by atoms with Crippen molar-refractivity contribution < 1.29 is 4.79 Å².